The van der Waals surface area contributed by atoms with Gasteiger partial charge < -0.3 is 9.88 Å². The average Bonchev–Trinajstić information content (AvgIpc) is 2.84. The summed E-state index contributed by atoms with van der Waals surface area (Å²) in [6.45, 7) is 5.25. The van der Waals surface area contributed by atoms with Crippen molar-refractivity contribution in [1.29, 1.82) is 0 Å². The smallest absolute Gasteiger partial charge is 0.203 e. The predicted octanol–water partition coefficient (Wildman–Crippen LogP) is 2.71. The van der Waals surface area contributed by atoms with E-state index in [1.54, 1.807) is 0 Å². The first-order chi connectivity index (χ1) is 8.33. The van der Waals surface area contributed by atoms with Crippen molar-refractivity contribution in [3.8, 4) is 0 Å². The van der Waals surface area contributed by atoms with E-state index in [1.165, 1.54) is 5.56 Å². The molecule has 4 heteroatoms. The molecule has 0 amide bonds. The van der Waals surface area contributed by atoms with Crippen LogP contribution in [-0.4, -0.2) is 21.1 Å². The number of anilines is 1. The number of pyridine rings is 1. The van der Waals surface area contributed by atoms with E-state index in [1.807, 2.05) is 36.9 Å². The van der Waals surface area contributed by atoms with Crippen LogP contribution in [0, 0.1) is 0 Å². The van der Waals surface area contributed by atoms with Crippen molar-refractivity contribution >= 4 is 5.95 Å². The van der Waals surface area contributed by atoms with Gasteiger partial charge in [-0.2, -0.15) is 0 Å². The standard InChI is InChI=1S/C13H18N4/c1-3-6-15-13-16-9-10-17(13)11(2)12-4-7-14-8-5-12/h4-5,7-11H,3,6H2,1-2H3,(H,15,16). The highest BCUT2D eigenvalue weighted by molar-refractivity contribution is 5.29. The number of nitrogens with zero attached hydrogens (tertiary/aromatic N) is 3. The SMILES string of the molecule is CCCNc1nccn1C(C)c1ccncc1. The molecule has 1 atom stereocenters. The van der Waals surface area contributed by atoms with Gasteiger partial charge in [0.15, 0.2) is 0 Å². The molecule has 0 aliphatic rings. The van der Waals surface area contributed by atoms with Crippen LogP contribution < -0.4 is 5.32 Å². The van der Waals surface area contributed by atoms with Crippen LogP contribution in [-0.2, 0) is 0 Å². The highest BCUT2D eigenvalue weighted by atomic mass is 15.2. The summed E-state index contributed by atoms with van der Waals surface area (Å²) in [5.74, 6) is 0.927. The van der Waals surface area contributed by atoms with Crippen LogP contribution in [0.4, 0.5) is 5.95 Å². The Bertz CT molecular complexity index is 449. The second-order valence-corrected chi connectivity index (χ2v) is 4.04. The fourth-order valence-electron chi connectivity index (χ4n) is 1.80. The van der Waals surface area contributed by atoms with Crippen LogP contribution in [0.1, 0.15) is 31.9 Å². The largest absolute Gasteiger partial charge is 0.356 e. The summed E-state index contributed by atoms with van der Waals surface area (Å²) in [5.41, 5.74) is 1.23. The van der Waals surface area contributed by atoms with E-state index in [-0.39, 0.29) is 6.04 Å². The third-order valence-corrected chi connectivity index (χ3v) is 2.81. The van der Waals surface area contributed by atoms with Gasteiger partial charge in [-0.25, -0.2) is 4.98 Å². The average molecular weight is 230 g/mol. The van der Waals surface area contributed by atoms with Crippen LogP contribution in [0.15, 0.2) is 36.9 Å². The molecule has 0 aliphatic heterocycles. The molecule has 4 nitrogen and oxygen atoms in total. The fraction of sp³-hybridized carbons (Fsp3) is 0.385. The molecule has 0 saturated heterocycles. The molecule has 0 spiro atoms. The number of hydrogen-bond donors (Lipinski definition) is 1. The van der Waals surface area contributed by atoms with Crippen molar-refractivity contribution in [3.05, 3.63) is 42.5 Å². The van der Waals surface area contributed by atoms with E-state index in [2.05, 4.69) is 33.7 Å². The van der Waals surface area contributed by atoms with Crippen molar-refractivity contribution < 1.29 is 0 Å². The molecule has 0 aromatic carbocycles. The molecule has 0 radical (unpaired) electrons. The van der Waals surface area contributed by atoms with Gasteiger partial charge in [0.25, 0.3) is 0 Å². The Morgan fingerprint density at radius 2 is 2.06 bits per heavy atom. The van der Waals surface area contributed by atoms with Gasteiger partial charge in [-0.1, -0.05) is 6.92 Å². The molecular formula is C13H18N4. The molecular weight excluding hydrogens is 212 g/mol. The molecule has 2 heterocycles. The summed E-state index contributed by atoms with van der Waals surface area (Å²) in [6, 6.07) is 4.34. The van der Waals surface area contributed by atoms with E-state index >= 15 is 0 Å². The second kappa shape index (κ2) is 5.48. The van der Waals surface area contributed by atoms with Gasteiger partial charge in [0.1, 0.15) is 0 Å². The topological polar surface area (TPSA) is 42.7 Å². The Morgan fingerprint density at radius 3 is 2.76 bits per heavy atom. The highest BCUT2D eigenvalue weighted by Gasteiger charge is 2.11. The zero-order chi connectivity index (χ0) is 12.1. The minimum absolute atomic E-state index is 0.264. The fourth-order valence-corrected chi connectivity index (χ4v) is 1.80. The van der Waals surface area contributed by atoms with Crippen LogP contribution in [0.5, 0.6) is 0 Å². The lowest BCUT2D eigenvalue weighted by Crippen LogP contribution is -2.12. The Kier molecular flexibility index (Phi) is 3.75. The van der Waals surface area contributed by atoms with Crippen LogP contribution >= 0.6 is 0 Å². The molecule has 0 saturated carbocycles. The molecule has 2 rings (SSSR count). The molecule has 17 heavy (non-hydrogen) atoms. The number of imidazole rings is 1. The summed E-state index contributed by atoms with van der Waals surface area (Å²) >= 11 is 0. The van der Waals surface area contributed by atoms with Gasteiger partial charge in [0, 0.05) is 31.3 Å². The summed E-state index contributed by atoms with van der Waals surface area (Å²) in [5, 5.41) is 3.33. The zero-order valence-corrected chi connectivity index (χ0v) is 10.3. The van der Waals surface area contributed by atoms with E-state index in [0.717, 1.165) is 18.9 Å². The lowest BCUT2D eigenvalue weighted by molar-refractivity contribution is 0.642. The molecule has 1 unspecified atom stereocenters. The van der Waals surface area contributed by atoms with Gasteiger partial charge in [-0.15, -0.1) is 0 Å². The summed E-state index contributed by atoms with van der Waals surface area (Å²) in [7, 11) is 0. The second-order valence-electron chi connectivity index (χ2n) is 4.04. The number of hydrogen-bond acceptors (Lipinski definition) is 3. The Morgan fingerprint density at radius 1 is 1.29 bits per heavy atom. The molecule has 90 valence electrons. The van der Waals surface area contributed by atoms with Gasteiger partial charge in [0.05, 0.1) is 6.04 Å². The molecule has 2 aromatic rings. The predicted molar refractivity (Wildman–Crippen MR) is 69.1 cm³/mol. The lowest BCUT2D eigenvalue weighted by Gasteiger charge is -2.17. The first-order valence-electron chi connectivity index (χ1n) is 5.99. The monoisotopic (exact) mass is 230 g/mol. The quantitative estimate of drug-likeness (QED) is 0.858. The first-order valence-corrected chi connectivity index (χ1v) is 5.99. The summed E-state index contributed by atoms with van der Waals surface area (Å²) in [6.07, 6.45) is 8.57. The molecule has 1 N–H and O–H groups in total. The number of aromatic nitrogens is 3. The number of rotatable bonds is 5. The maximum absolute atomic E-state index is 4.34. The van der Waals surface area contributed by atoms with Gasteiger partial charge in [0.2, 0.25) is 5.95 Å². The maximum atomic E-state index is 4.34. The minimum Gasteiger partial charge on any atom is -0.356 e. The maximum Gasteiger partial charge on any atom is 0.203 e. The van der Waals surface area contributed by atoms with Gasteiger partial charge in [-0.3, -0.25) is 4.98 Å². The Balaban J connectivity index is 2.19. The Labute approximate surface area is 102 Å². The molecule has 2 aromatic heterocycles. The molecule has 0 fully saturated rings. The third kappa shape index (κ3) is 2.64. The van der Waals surface area contributed by atoms with Crippen molar-refractivity contribution in [2.75, 3.05) is 11.9 Å². The van der Waals surface area contributed by atoms with Crippen molar-refractivity contribution in [2.24, 2.45) is 0 Å². The van der Waals surface area contributed by atoms with E-state index < -0.39 is 0 Å². The Hall–Kier alpha value is -1.84. The van der Waals surface area contributed by atoms with Gasteiger partial charge >= 0.3 is 0 Å². The zero-order valence-electron chi connectivity index (χ0n) is 10.3. The van der Waals surface area contributed by atoms with Crippen molar-refractivity contribution in [2.45, 2.75) is 26.3 Å². The normalized spacial score (nSPS) is 12.4. The van der Waals surface area contributed by atoms with Crippen molar-refractivity contribution in [3.63, 3.8) is 0 Å². The van der Waals surface area contributed by atoms with Crippen LogP contribution in [0.3, 0.4) is 0 Å². The van der Waals surface area contributed by atoms with E-state index in [4.69, 9.17) is 0 Å². The highest BCUT2D eigenvalue weighted by Crippen LogP contribution is 2.20. The molecule has 0 aliphatic carbocycles. The summed E-state index contributed by atoms with van der Waals surface area (Å²) < 4.78 is 2.14. The van der Waals surface area contributed by atoms with Gasteiger partial charge in [-0.05, 0) is 31.0 Å². The van der Waals surface area contributed by atoms with Crippen LogP contribution in [0.25, 0.3) is 0 Å². The lowest BCUT2D eigenvalue weighted by atomic mass is 10.1. The first kappa shape index (κ1) is 11.6. The number of nitrogens with one attached hydrogen (secondary N) is 1. The van der Waals surface area contributed by atoms with Crippen LogP contribution in [0.2, 0.25) is 0 Å². The summed E-state index contributed by atoms with van der Waals surface area (Å²) in [4.78, 5) is 8.38. The van der Waals surface area contributed by atoms with E-state index in [9.17, 15) is 0 Å². The van der Waals surface area contributed by atoms with E-state index in [0.29, 0.717) is 0 Å². The third-order valence-electron chi connectivity index (χ3n) is 2.81. The molecule has 0 bridgehead atoms. The minimum atomic E-state index is 0.264. The van der Waals surface area contributed by atoms with Crippen molar-refractivity contribution in [1.82, 2.24) is 14.5 Å².